The summed E-state index contributed by atoms with van der Waals surface area (Å²) in [7, 11) is 0. The van der Waals surface area contributed by atoms with Gasteiger partial charge in [-0.15, -0.1) is 0 Å². The molecule has 0 aliphatic rings. The maximum atomic E-state index is 12.6. The second-order valence-electron chi connectivity index (χ2n) is 9.10. The fourth-order valence-corrected chi connectivity index (χ4v) is 2.45. The molecule has 0 aliphatic heterocycles. The molecule has 8 heteroatoms. The topological polar surface area (TPSA) is 108 Å². The SMILES string of the molecule is CC(C)(C)OC(=O)CCC(=O)C(CC(=O)OCc1ccccc1)NC(=O)OC(C)(C)C. The second-order valence-corrected chi connectivity index (χ2v) is 9.10. The number of carbonyl (C=O) groups excluding carboxylic acids is 4. The lowest BCUT2D eigenvalue weighted by atomic mass is 10.0. The van der Waals surface area contributed by atoms with Crippen LogP contribution in [-0.2, 0) is 35.2 Å². The van der Waals surface area contributed by atoms with Crippen LogP contribution in [0.4, 0.5) is 4.79 Å². The van der Waals surface area contributed by atoms with Gasteiger partial charge in [-0.3, -0.25) is 14.4 Å². The zero-order valence-electron chi connectivity index (χ0n) is 19.2. The maximum Gasteiger partial charge on any atom is 0.408 e. The van der Waals surface area contributed by atoms with E-state index in [9.17, 15) is 19.2 Å². The summed E-state index contributed by atoms with van der Waals surface area (Å²) in [5.74, 6) is -1.69. The Morgan fingerprint density at radius 1 is 0.839 bits per heavy atom. The van der Waals surface area contributed by atoms with Crippen LogP contribution in [0.25, 0.3) is 0 Å². The van der Waals surface area contributed by atoms with Gasteiger partial charge in [0.25, 0.3) is 0 Å². The van der Waals surface area contributed by atoms with E-state index in [1.54, 1.807) is 53.7 Å². The highest BCUT2D eigenvalue weighted by Crippen LogP contribution is 2.12. The number of hydrogen-bond donors (Lipinski definition) is 1. The average Bonchev–Trinajstić information content (AvgIpc) is 2.62. The maximum absolute atomic E-state index is 12.6. The average molecular weight is 436 g/mol. The van der Waals surface area contributed by atoms with E-state index in [2.05, 4.69) is 5.32 Å². The highest BCUT2D eigenvalue weighted by Gasteiger charge is 2.28. The Bertz CT molecular complexity index is 760. The van der Waals surface area contributed by atoms with Crippen molar-refractivity contribution in [3.05, 3.63) is 35.9 Å². The van der Waals surface area contributed by atoms with E-state index in [0.717, 1.165) is 5.56 Å². The van der Waals surface area contributed by atoms with Crippen molar-refractivity contribution in [2.75, 3.05) is 0 Å². The van der Waals surface area contributed by atoms with Crippen LogP contribution in [0.2, 0.25) is 0 Å². The molecule has 172 valence electrons. The summed E-state index contributed by atoms with van der Waals surface area (Å²) in [6, 6.07) is 7.90. The molecule has 0 radical (unpaired) electrons. The van der Waals surface area contributed by atoms with E-state index >= 15 is 0 Å². The van der Waals surface area contributed by atoms with E-state index in [1.807, 2.05) is 18.2 Å². The number of alkyl carbamates (subject to hydrolysis) is 1. The van der Waals surface area contributed by atoms with Gasteiger partial charge in [-0.05, 0) is 47.1 Å². The number of esters is 2. The smallest absolute Gasteiger partial charge is 0.408 e. The molecule has 0 heterocycles. The van der Waals surface area contributed by atoms with E-state index in [1.165, 1.54) is 0 Å². The number of ether oxygens (including phenoxy) is 3. The third kappa shape index (κ3) is 12.4. The van der Waals surface area contributed by atoms with E-state index < -0.39 is 41.1 Å². The van der Waals surface area contributed by atoms with Crippen molar-refractivity contribution in [1.82, 2.24) is 5.32 Å². The second kappa shape index (κ2) is 11.5. The number of rotatable bonds is 9. The van der Waals surface area contributed by atoms with Crippen molar-refractivity contribution in [3.63, 3.8) is 0 Å². The molecule has 1 aromatic rings. The number of benzene rings is 1. The predicted octanol–water partition coefficient (Wildman–Crippen LogP) is 3.70. The summed E-state index contributed by atoms with van der Waals surface area (Å²) in [6.45, 7) is 10.3. The van der Waals surface area contributed by atoms with Gasteiger partial charge in [0.1, 0.15) is 23.9 Å². The third-order valence-corrected chi connectivity index (χ3v) is 3.69. The molecule has 0 aromatic heterocycles. The van der Waals surface area contributed by atoms with E-state index in [0.29, 0.717) is 0 Å². The monoisotopic (exact) mass is 435 g/mol. The van der Waals surface area contributed by atoms with Crippen molar-refractivity contribution < 1.29 is 33.4 Å². The van der Waals surface area contributed by atoms with E-state index in [4.69, 9.17) is 14.2 Å². The molecule has 1 rings (SSSR count). The third-order valence-electron chi connectivity index (χ3n) is 3.69. The summed E-state index contributed by atoms with van der Waals surface area (Å²) >= 11 is 0. The Balaban J connectivity index is 2.72. The molecule has 0 saturated heterocycles. The summed E-state index contributed by atoms with van der Waals surface area (Å²) in [5.41, 5.74) is -0.652. The first-order chi connectivity index (χ1) is 14.2. The van der Waals surface area contributed by atoms with Crippen molar-refractivity contribution in [2.24, 2.45) is 0 Å². The van der Waals surface area contributed by atoms with Crippen LogP contribution < -0.4 is 5.32 Å². The molecule has 1 unspecified atom stereocenters. The standard InChI is InChI=1S/C23H33NO7/c1-22(2,3)30-19(26)13-12-18(25)17(24-21(28)31-23(4,5)6)14-20(27)29-15-16-10-8-7-9-11-16/h7-11,17H,12-15H2,1-6H3,(H,24,28). The summed E-state index contributed by atoms with van der Waals surface area (Å²) in [4.78, 5) is 48.9. The molecule has 0 bridgehead atoms. The van der Waals surface area contributed by atoms with Gasteiger partial charge in [-0.1, -0.05) is 30.3 Å². The minimum absolute atomic E-state index is 0.0466. The van der Waals surface area contributed by atoms with Crippen LogP contribution >= 0.6 is 0 Å². The zero-order valence-corrected chi connectivity index (χ0v) is 19.2. The fourth-order valence-electron chi connectivity index (χ4n) is 2.45. The first-order valence-electron chi connectivity index (χ1n) is 10.2. The van der Waals surface area contributed by atoms with Crippen LogP contribution in [0, 0.1) is 0 Å². The molecule has 8 nitrogen and oxygen atoms in total. The molecule has 1 amide bonds. The van der Waals surface area contributed by atoms with Gasteiger partial charge in [0.15, 0.2) is 5.78 Å². The fraction of sp³-hybridized carbons (Fsp3) is 0.565. The predicted molar refractivity (Wildman–Crippen MR) is 114 cm³/mol. The number of Topliss-reactive ketones (excluding diaryl/α,β-unsaturated/α-hetero) is 1. The molecular weight excluding hydrogens is 402 g/mol. The van der Waals surface area contributed by atoms with Gasteiger partial charge in [0.05, 0.1) is 12.8 Å². The summed E-state index contributed by atoms with van der Waals surface area (Å²) in [6.07, 6.45) is -1.57. The Kier molecular flexibility index (Phi) is 9.68. The number of hydrogen-bond acceptors (Lipinski definition) is 7. The van der Waals surface area contributed by atoms with Crippen molar-refractivity contribution >= 4 is 23.8 Å². The number of nitrogens with one attached hydrogen (secondary N) is 1. The molecule has 1 aromatic carbocycles. The Hall–Kier alpha value is -2.90. The number of carbonyl (C=O) groups is 4. The first-order valence-corrected chi connectivity index (χ1v) is 10.2. The first kappa shape index (κ1) is 26.1. The van der Waals surface area contributed by atoms with Gasteiger partial charge in [-0.25, -0.2) is 4.79 Å². The van der Waals surface area contributed by atoms with Gasteiger partial charge in [0, 0.05) is 6.42 Å². The van der Waals surface area contributed by atoms with Gasteiger partial charge < -0.3 is 19.5 Å². The van der Waals surface area contributed by atoms with Gasteiger partial charge in [0.2, 0.25) is 0 Å². The Morgan fingerprint density at radius 2 is 1.42 bits per heavy atom. The molecule has 1 atom stereocenters. The van der Waals surface area contributed by atoms with Gasteiger partial charge >= 0.3 is 18.0 Å². The molecule has 0 saturated carbocycles. The largest absolute Gasteiger partial charge is 0.461 e. The molecule has 31 heavy (non-hydrogen) atoms. The van der Waals surface area contributed by atoms with Gasteiger partial charge in [-0.2, -0.15) is 0 Å². The lowest BCUT2D eigenvalue weighted by Crippen LogP contribution is -2.45. The Labute approximate surface area is 183 Å². The minimum Gasteiger partial charge on any atom is -0.461 e. The molecule has 0 fully saturated rings. The molecule has 0 aliphatic carbocycles. The van der Waals surface area contributed by atoms with E-state index in [-0.39, 0.29) is 25.9 Å². The highest BCUT2D eigenvalue weighted by atomic mass is 16.6. The minimum atomic E-state index is -1.18. The highest BCUT2D eigenvalue weighted by molar-refractivity contribution is 5.92. The molecule has 0 spiro atoms. The quantitative estimate of drug-likeness (QED) is 0.465. The zero-order chi connectivity index (χ0) is 23.7. The Morgan fingerprint density at radius 3 is 1.97 bits per heavy atom. The van der Waals surface area contributed by atoms with Crippen molar-refractivity contribution in [2.45, 2.75) is 84.7 Å². The van der Waals surface area contributed by atoms with Crippen molar-refractivity contribution in [3.8, 4) is 0 Å². The van der Waals surface area contributed by atoms with Crippen LogP contribution in [0.15, 0.2) is 30.3 Å². The number of ketones is 1. The van der Waals surface area contributed by atoms with Crippen LogP contribution in [0.5, 0.6) is 0 Å². The molecular formula is C23H33NO7. The number of amides is 1. The van der Waals surface area contributed by atoms with Crippen LogP contribution in [0.1, 0.15) is 66.4 Å². The van der Waals surface area contributed by atoms with Crippen molar-refractivity contribution in [1.29, 1.82) is 0 Å². The summed E-state index contributed by atoms with van der Waals surface area (Å²) < 4.78 is 15.6. The van der Waals surface area contributed by atoms with Crippen LogP contribution in [0.3, 0.4) is 0 Å². The normalized spacial score (nSPS) is 12.5. The van der Waals surface area contributed by atoms with Crippen LogP contribution in [-0.4, -0.2) is 41.1 Å². The lowest BCUT2D eigenvalue weighted by molar-refractivity contribution is -0.155. The summed E-state index contributed by atoms with van der Waals surface area (Å²) in [5, 5.41) is 2.41. The lowest BCUT2D eigenvalue weighted by Gasteiger charge is -2.23. The molecule has 1 N–H and O–H groups in total.